The van der Waals surface area contributed by atoms with Crippen LogP contribution < -0.4 is 0 Å². The van der Waals surface area contributed by atoms with Crippen molar-refractivity contribution in [1.29, 1.82) is 0 Å². The van der Waals surface area contributed by atoms with Crippen LogP contribution in [0.2, 0.25) is 0 Å². The highest BCUT2D eigenvalue weighted by molar-refractivity contribution is 6.01. The lowest BCUT2D eigenvalue weighted by Gasteiger charge is -2.15. The zero-order chi connectivity index (χ0) is 17.1. The first-order valence-corrected chi connectivity index (χ1v) is 7.38. The Morgan fingerprint density at radius 1 is 0.958 bits per heavy atom. The number of halogens is 1. The second-order valence-corrected chi connectivity index (χ2v) is 5.23. The minimum atomic E-state index is -0.787. The average molecular weight is 322 g/mol. The lowest BCUT2D eigenvalue weighted by atomic mass is 9.92. The van der Waals surface area contributed by atoms with Gasteiger partial charge < -0.3 is 9.84 Å². The van der Waals surface area contributed by atoms with Crippen LogP contribution in [0, 0.1) is 5.82 Å². The van der Waals surface area contributed by atoms with E-state index in [9.17, 15) is 9.90 Å². The third kappa shape index (κ3) is 2.74. The summed E-state index contributed by atoms with van der Waals surface area (Å²) in [4.78, 5) is 12.1. The number of carbonyl (C=O) groups excluding carboxylic acids is 1. The molecule has 0 bridgehead atoms. The predicted molar refractivity (Wildman–Crippen MR) is 90.3 cm³/mol. The van der Waals surface area contributed by atoms with E-state index in [2.05, 4.69) is 0 Å². The van der Waals surface area contributed by atoms with Gasteiger partial charge in [-0.25, -0.2) is 9.18 Å². The first kappa shape index (κ1) is 15.7. The first-order valence-electron chi connectivity index (χ1n) is 7.38. The lowest BCUT2D eigenvalue weighted by Crippen LogP contribution is -2.07. The highest BCUT2D eigenvalue weighted by atomic mass is 19.1. The molecule has 0 spiro atoms. The van der Waals surface area contributed by atoms with E-state index in [4.69, 9.17) is 4.74 Å². The number of hydrogen-bond acceptors (Lipinski definition) is 3. The molecule has 0 saturated heterocycles. The van der Waals surface area contributed by atoms with Gasteiger partial charge in [0.2, 0.25) is 0 Å². The molecule has 0 aliphatic rings. The van der Waals surface area contributed by atoms with Gasteiger partial charge in [0, 0.05) is 11.1 Å². The Kier molecular flexibility index (Phi) is 4.29. The highest BCUT2D eigenvalue weighted by Gasteiger charge is 2.25. The van der Waals surface area contributed by atoms with E-state index in [0.29, 0.717) is 11.1 Å². The second kappa shape index (κ2) is 6.54. The molecule has 120 valence electrons. The van der Waals surface area contributed by atoms with Crippen LogP contribution in [-0.4, -0.2) is 18.2 Å². The largest absolute Gasteiger partial charge is 0.507 e. The van der Waals surface area contributed by atoms with E-state index >= 15 is 4.39 Å². The molecule has 3 rings (SSSR count). The topological polar surface area (TPSA) is 46.5 Å². The van der Waals surface area contributed by atoms with Crippen molar-refractivity contribution in [3.05, 3.63) is 78.1 Å². The molecule has 0 fully saturated rings. The third-order valence-electron chi connectivity index (χ3n) is 3.78. The molecule has 1 N–H and O–H groups in total. The summed E-state index contributed by atoms with van der Waals surface area (Å²) in [6, 6.07) is 18.7. The smallest absolute Gasteiger partial charge is 0.342 e. The Morgan fingerprint density at radius 2 is 1.50 bits per heavy atom. The highest BCUT2D eigenvalue weighted by Crippen LogP contribution is 2.39. The van der Waals surface area contributed by atoms with Gasteiger partial charge in [-0.3, -0.25) is 0 Å². The van der Waals surface area contributed by atoms with Crippen LogP contribution in [0.1, 0.15) is 10.4 Å². The standard InChI is InChI=1S/C20H15FO3/c1-24-20(23)18-16(22)12-15(13-8-4-2-5-9-13)19(21)17(18)14-10-6-3-7-11-14/h2-12,22H,1H3. The Bertz CT molecular complexity index is 874. The fourth-order valence-electron chi connectivity index (χ4n) is 2.66. The van der Waals surface area contributed by atoms with Gasteiger partial charge in [-0.15, -0.1) is 0 Å². The molecule has 24 heavy (non-hydrogen) atoms. The number of phenols is 1. The van der Waals surface area contributed by atoms with E-state index in [-0.39, 0.29) is 22.4 Å². The Hall–Kier alpha value is -3.14. The van der Waals surface area contributed by atoms with Crippen LogP contribution in [-0.2, 0) is 4.74 Å². The van der Waals surface area contributed by atoms with Crippen LogP contribution in [0.15, 0.2) is 66.7 Å². The van der Waals surface area contributed by atoms with Gasteiger partial charge in [0.05, 0.1) is 7.11 Å². The van der Waals surface area contributed by atoms with E-state index in [1.165, 1.54) is 13.2 Å². The molecule has 4 heteroatoms. The van der Waals surface area contributed by atoms with Gasteiger partial charge in [-0.05, 0) is 17.2 Å². The normalized spacial score (nSPS) is 10.4. The average Bonchev–Trinajstić information content (AvgIpc) is 2.63. The van der Waals surface area contributed by atoms with Crippen LogP contribution >= 0.6 is 0 Å². The van der Waals surface area contributed by atoms with Crippen LogP contribution in [0.4, 0.5) is 4.39 Å². The van der Waals surface area contributed by atoms with Gasteiger partial charge in [-0.2, -0.15) is 0 Å². The summed E-state index contributed by atoms with van der Waals surface area (Å²) in [6.07, 6.45) is 0. The van der Waals surface area contributed by atoms with Crippen molar-refractivity contribution < 1.29 is 19.0 Å². The predicted octanol–water partition coefficient (Wildman–Crippen LogP) is 4.65. The van der Waals surface area contributed by atoms with Crippen molar-refractivity contribution in [3.8, 4) is 28.0 Å². The van der Waals surface area contributed by atoms with Gasteiger partial charge >= 0.3 is 5.97 Å². The Labute approximate surface area is 139 Å². The van der Waals surface area contributed by atoms with Gasteiger partial charge in [0.15, 0.2) is 0 Å². The number of methoxy groups -OCH3 is 1. The number of rotatable bonds is 3. The molecule has 0 amide bonds. The number of aromatic hydroxyl groups is 1. The molecule has 0 aromatic heterocycles. The molecule has 0 saturated carbocycles. The first-order chi connectivity index (χ1) is 11.6. The quantitative estimate of drug-likeness (QED) is 0.714. The van der Waals surface area contributed by atoms with Crippen molar-refractivity contribution >= 4 is 5.97 Å². The summed E-state index contributed by atoms with van der Waals surface area (Å²) in [5.74, 6) is -1.68. The van der Waals surface area contributed by atoms with Crippen molar-refractivity contribution in [2.45, 2.75) is 0 Å². The monoisotopic (exact) mass is 322 g/mol. The maximum atomic E-state index is 15.3. The number of ether oxygens (including phenoxy) is 1. The number of phenolic OH excluding ortho intramolecular Hbond substituents is 1. The Morgan fingerprint density at radius 3 is 2.04 bits per heavy atom. The van der Waals surface area contributed by atoms with Crippen molar-refractivity contribution in [3.63, 3.8) is 0 Å². The fourth-order valence-corrected chi connectivity index (χ4v) is 2.66. The number of hydrogen-bond donors (Lipinski definition) is 1. The maximum Gasteiger partial charge on any atom is 0.342 e. The molecular weight excluding hydrogens is 307 g/mol. The Balaban J connectivity index is 2.35. The van der Waals surface area contributed by atoms with Crippen molar-refractivity contribution in [2.24, 2.45) is 0 Å². The van der Waals surface area contributed by atoms with E-state index < -0.39 is 11.8 Å². The summed E-state index contributed by atoms with van der Waals surface area (Å²) >= 11 is 0. The summed E-state index contributed by atoms with van der Waals surface area (Å²) in [6.45, 7) is 0. The molecule has 0 atom stereocenters. The molecule has 3 nitrogen and oxygen atoms in total. The number of carbonyl (C=O) groups is 1. The van der Waals surface area contributed by atoms with Crippen LogP contribution in [0.25, 0.3) is 22.3 Å². The van der Waals surface area contributed by atoms with E-state index in [1.54, 1.807) is 54.6 Å². The minimum absolute atomic E-state index is 0.0290. The summed E-state index contributed by atoms with van der Waals surface area (Å²) in [5, 5.41) is 10.4. The molecule has 0 aliphatic heterocycles. The SMILES string of the molecule is COC(=O)c1c(O)cc(-c2ccccc2)c(F)c1-c1ccccc1. The molecule has 0 radical (unpaired) electrons. The molecular formula is C20H15FO3. The van der Waals surface area contributed by atoms with Gasteiger partial charge in [0.25, 0.3) is 0 Å². The third-order valence-corrected chi connectivity index (χ3v) is 3.78. The minimum Gasteiger partial charge on any atom is -0.507 e. The van der Waals surface area contributed by atoms with E-state index in [0.717, 1.165) is 0 Å². The van der Waals surface area contributed by atoms with Gasteiger partial charge in [0.1, 0.15) is 17.1 Å². The summed E-state index contributed by atoms with van der Waals surface area (Å²) in [5.41, 5.74) is 1.17. The molecule has 0 unspecified atom stereocenters. The molecule has 3 aromatic carbocycles. The number of esters is 1. The summed E-state index contributed by atoms with van der Waals surface area (Å²) < 4.78 is 20.0. The van der Waals surface area contributed by atoms with Crippen molar-refractivity contribution in [2.75, 3.05) is 7.11 Å². The van der Waals surface area contributed by atoms with E-state index in [1.807, 2.05) is 6.07 Å². The second-order valence-electron chi connectivity index (χ2n) is 5.23. The fraction of sp³-hybridized carbons (Fsp3) is 0.0500. The number of benzene rings is 3. The zero-order valence-electron chi connectivity index (χ0n) is 13.0. The summed E-state index contributed by atoms with van der Waals surface area (Å²) in [7, 11) is 1.19. The lowest BCUT2D eigenvalue weighted by molar-refractivity contribution is 0.0598. The molecule has 0 aliphatic carbocycles. The van der Waals surface area contributed by atoms with Crippen LogP contribution in [0.3, 0.4) is 0 Å². The van der Waals surface area contributed by atoms with Crippen molar-refractivity contribution in [1.82, 2.24) is 0 Å². The zero-order valence-corrected chi connectivity index (χ0v) is 13.0. The van der Waals surface area contributed by atoms with Crippen LogP contribution in [0.5, 0.6) is 5.75 Å². The molecule has 3 aromatic rings. The molecule has 0 heterocycles. The maximum absolute atomic E-state index is 15.3. The van der Waals surface area contributed by atoms with Gasteiger partial charge in [-0.1, -0.05) is 60.7 Å².